The van der Waals surface area contributed by atoms with Crippen molar-refractivity contribution in [1.82, 2.24) is 0 Å². The number of methoxy groups -OCH3 is 1. The van der Waals surface area contributed by atoms with Crippen molar-refractivity contribution in [2.45, 2.75) is 25.8 Å². The zero-order valence-corrected chi connectivity index (χ0v) is 8.84. The van der Waals surface area contributed by atoms with Gasteiger partial charge in [0.05, 0.1) is 13.2 Å². The first kappa shape index (κ1) is 11.9. The molecule has 0 aliphatic heterocycles. The van der Waals surface area contributed by atoms with Crippen LogP contribution >= 0.6 is 0 Å². The second-order valence-electron chi connectivity index (χ2n) is 3.49. The molecule has 15 heavy (non-hydrogen) atoms. The number of halogens is 2. The maximum atomic E-state index is 12.2. The predicted molar refractivity (Wildman–Crippen MR) is 55.4 cm³/mol. The quantitative estimate of drug-likeness (QED) is 0.835. The maximum absolute atomic E-state index is 12.2. The van der Waals surface area contributed by atoms with Crippen molar-refractivity contribution in [2.75, 3.05) is 7.11 Å². The minimum atomic E-state index is -2.48. The number of benzene rings is 1. The van der Waals surface area contributed by atoms with E-state index in [1.807, 2.05) is 13.0 Å². The molecule has 4 heteroatoms. The molecule has 0 spiro atoms. The van der Waals surface area contributed by atoms with Gasteiger partial charge in [0.15, 0.2) is 0 Å². The molecule has 0 amide bonds. The summed E-state index contributed by atoms with van der Waals surface area (Å²) in [5.74, 6) is 0.724. The molecule has 0 radical (unpaired) electrons. The normalized spacial score (nSPS) is 12.9. The van der Waals surface area contributed by atoms with Crippen molar-refractivity contribution in [3.63, 3.8) is 0 Å². The Labute approximate surface area is 88.0 Å². The van der Waals surface area contributed by atoms with Crippen molar-refractivity contribution < 1.29 is 13.5 Å². The molecule has 0 aromatic heterocycles. The first-order chi connectivity index (χ1) is 7.04. The molecule has 0 saturated heterocycles. The molecule has 1 rings (SSSR count). The van der Waals surface area contributed by atoms with Crippen LogP contribution in [0.3, 0.4) is 0 Å². The average molecular weight is 215 g/mol. The highest BCUT2D eigenvalue weighted by Gasteiger charge is 2.16. The first-order valence-corrected chi connectivity index (χ1v) is 4.72. The summed E-state index contributed by atoms with van der Waals surface area (Å²) in [5, 5.41) is 0. The molecule has 1 aromatic carbocycles. The number of nitrogens with two attached hydrogens (primary N) is 1. The average Bonchev–Trinajstić information content (AvgIpc) is 2.20. The summed E-state index contributed by atoms with van der Waals surface area (Å²) in [6.45, 7) is 1.86. The fourth-order valence-electron chi connectivity index (χ4n) is 1.37. The van der Waals surface area contributed by atoms with Gasteiger partial charge in [-0.15, -0.1) is 0 Å². The summed E-state index contributed by atoms with van der Waals surface area (Å²) in [5.41, 5.74) is 7.07. The lowest BCUT2D eigenvalue weighted by molar-refractivity contribution is 0.116. The molecule has 2 nitrogen and oxygen atoms in total. The van der Waals surface area contributed by atoms with Crippen LogP contribution in [-0.4, -0.2) is 19.6 Å². The molecule has 0 saturated carbocycles. The molecule has 0 bridgehead atoms. The third-order valence-corrected chi connectivity index (χ3v) is 2.33. The Morgan fingerprint density at radius 3 is 2.53 bits per heavy atom. The van der Waals surface area contributed by atoms with Crippen LogP contribution in [0.5, 0.6) is 5.75 Å². The third kappa shape index (κ3) is 3.16. The van der Waals surface area contributed by atoms with Gasteiger partial charge in [0.2, 0.25) is 0 Å². The molecular weight excluding hydrogens is 200 g/mol. The van der Waals surface area contributed by atoms with Gasteiger partial charge in [-0.25, -0.2) is 8.78 Å². The molecule has 0 heterocycles. The summed E-state index contributed by atoms with van der Waals surface area (Å²) < 4.78 is 29.5. The van der Waals surface area contributed by atoms with Gasteiger partial charge in [0.1, 0.15) is 5.75 Å². The van der Waals surface area contributed by atoms with Crippen LogP contribution in [0.25, 0.3) is 0 Å². The van der Waals surface area contributed by atoms with Gasteiger partial charge < -0.3 is 10.5 Å². The Kier molecular flexibility index (Phi) is 4.03. The second-order valence-corrected chi connectivity index (χ2v) is 3.49. The molecule has 1 atom stereocenters. The fourth-order valence-corrected chi connectivity index (χ4v) is 1.37. The Bertz CT molecular complexity index is 328. The van der Waals surface area contributed by atoms with Crippen molar-refractivity contribution in [2.24, 2.45) is 5.73 Å². The Morgan fingerprint density at radius 1 is 1.40 bits per heavy atom. The first-order valence-electron chi connectivity index (χ1n) is 4.72. The van der Waals surface area contributed by atoms with E-state index in [1.54, 1.807) is 19.2 Å². The number of rotatable bonds is 4. The van der Waals surface area contributed by atoms with Crippen LogP contribution in [0, 0.1) is 6.92 Å². The fraction of sp³-hybridized carbons (Fsp3) is 0.455. The minimum absolute atomic E-state index is 0.188. The number of hydrogen-bond donors (Lipinski definition) is 1. The van der Waals surface area contributed by atoms with Crippen LogP contribution in [0.1, 0.15) is 11.1 Å². The van der Waals surface area contributed by atoms with Crippen LogP contribution < -0.4 is 10.5 Å². The summed E-state index contributed by atoms with van der Waals surface area (Å²) in [6, 6.07) is 4.24. The third-order valence-electron chi connectivity index (χ3n) is 2.33. The monoisotopic (exact) mass is 215 g/mol. The molecule has 84 valence electrons. The van der Waals surface area contributed by atoms with E-state index in [4.69, 9.17) is 10.5 Å². The van der Waals surface area contributed by atoms with Gasteiger partial charge in [0, 0.05) is 0 Å². The molecular formula is C11H15F2NO. The van der Waals surface area contributed by atoms with Gasteiger partial charge in [-0.3, -0.25) is 0 Å². The molecule has 1 aromatic rings. The number of alkyl halides is 2. The minimum Gasteiger partial charge on any atom is -0.497 e. The van der Waals surface area contributed by atoms with Crippen molar-refractivity contribution in [3.8, 4) is 5.75 Å². The second kappa shape index (κ2) is 5.07. The van der Waals surface area contributed by atoms with E-state index in [9.17, 15) is 8.78 Å². The maximum Gasteiger partial charge on any atom is 0.253 e. The van der Waals surface area contributed by atoms with E-state index in [2.05, 4.69) is 0 Å². The van der Waals surface area contributed by atoms with E-state index < -0.39 is 12.5 Å². The summed E-state index contributed by atoms with van der Waals surface area (Å²) in [4.78, 5) is 0. The lowest BCUT2D eigenvalue weighted by atomic mass is 10.0. The van der Waals surface area contributed by atoms with Gasteiger partial charge in [-0.2, -0.15) is 0 Å². The van der Waals surface area contributed by atoms with Crippen LogP contribution in [0.4, 0.5) is 8.78 Å². The van der Waals surface area contributed by atoms with Crippen molar-refractivity contribution in [1.29, 1.82) is 0 Å². The summed E-state index contributed by atoms with van der Waals surface area (Å²) >= 11 is 0. The lowest BCUT2D eigenvalue weighted by Gasteiger charge is -2.13. The van der Waals surface area contributed by atoms with E-state index in [1.165, 1.54) is 0 Å². The molecule has 0 fully saturated rings. The van der Waals surface area contributed by atoms with Gasteiger partial charge >= 0.3 is 0 Å². The van der Waals surface area contributed by atoms with E-state index in [-0.39, 0.29) is 6.42 Å². The SMILES string of the molecule is COc1ccc(CC(N)C(F)F)c(C)c1. The smallest absolute Gasteiger partial charge is 0.253 e. The molecule has 0 aliphatic rings. The van der Waals surface area contributed by atoms with Gasteiger partial charge in [-0.1, -0.05) is 6.07 Å². The van der Waals surface area contributed by atoms with Crippen molar-refractivity contribution >= 4 is 0 Å². The number of aryl methyl sites for hydroxylation is 1. The van der Waals surface area contributed by atoms with E-state index in [0.29, 0.717) is 0 Å². The highest BCUT2D eigenvalue weighted by atomic mass is 19.3. The largest absolute Gasteiger partial charge is 0.497 e. The summed E-state index contributed by atoms with van der Waals surface area (Å²) in [6.07, 6.45) is -2.29. The Hall–Kier alpha value is -1.16. The zero-order valence-electron chi connectivity index (χ0n) is 8.84. The summed E-state index contributed by atoms with van der Waals surface area (Å²) in [7, 11) is 1.57. The highest BCUT2D eigenvalue weighted by Crippen LogP contribution is 2.18. The lowest BCUT2D eigenvalue weighted by Crippen LogP contribution is -2.31. The molecule has 0 aliphatic carbocycles. The van der Waals surface area contributed by atoms with E-state index in [0.717, 1.165) is 16.9 Å². The topological polar surface area (TPSA) is 35.2 Å². The molecule has 2 N–H and O–H groups in total. The highest BCUT2D eigenvalue weighted by molar-refractivity contribution is 5.35. The zero-order chi connectivity index (χ0) is 11.4. The van der Waals surface area contributed by atoms with Crippen LogP contribution in [-0.2, 0) is 6.42 Å². The van der Waals surface area contributed by atoms with E-state index >= 15 is 0 Å². The standard InChI is InChI=1S/C11H15F2NO/c1-7-5-9(15-2)4-3-8(7)6-10(14)11(12)13/h3-5,10-11H,6,14H2,1-2H3. The van der Waals surface area contributed by atoms with Gasteiger partial charge in [-0.05, 0) is 36.6 Å². The van der Waals surface area contributed by atoms with Crippen LogP contribution in [0.15, 0.2) is 18.2 Å². The van der Waals surface area contributed by atoms with Gasteiger partial charge in [0.25, 0.3) is 6.43 Å². The Balaban J connectivity index is 2.78. The molecule has 1 unspecified atom stereocenters. The van der Waals surface area contributed by atoms with Crippen LogP contribution in [0.2, 0.25) is 0 Å². The number of ether oxygens (including phenoxy) is 1. The number of hydrogen-bond acceptors (Lipinski definition) is 2. The predicted octanol–water partition coefficient (Wildman–Crippen LogP) is 2.14. The Morgan fingerprint density at radius 2 is 2.07 bits per heavy atom. The van der Waals surface area contributed by atoms with Crippen molar-refractivity contribution in [3.05, 3.63) is 29.3 Å².